The van der Waals surface area contributed by atoms with Crippen LogP contribution in [0.2, 0.25) is 0 Å². The van der Waals surface area contributed by atoms with Gasteiger partial charge >= 0.3 is 5.97 Å². The molecule has 1 saturated carbocycles. The Morgan fingerprint density at radius 1 is 0.971 bits per heavy atom. The van der Waals surface area contributed by atoms with Crippen LogP contribution in [0.3, 0.4) is 0 Å². The second-order valence-electron chi connectivity index (χ2n) is 8.53. The van der Waals surface area contributed by atoms with Crippen molar-refractivity contribution in [3.63, 3.8) is 0 Å². The van der Waals surface area contributed by atoms with Crippen molar-refractivity contribution in [1.29, 1.82) is 0 Å². The van der Waals surface area contributed by atoms with Crippen molar-refractivity contribution in [2.75, 3.05) is 0 Å². The summed E-state index contributed by atoms with van der Waals surface area (Å²) in [6, 6.07) is 20.5. The normalized spacial score (nSPS) is 23.1. The summed E-state index contributed by atoms with van der Waals surface area (Å²) in [4.78, 5) is 11.5. The number of carboxylic acid groups (broad SMARTS) is 1. The van der Waals surface area contributed by atoms with Gasteiger partial charge in [0.25, 0.3) is 0 Å². The van der Waals surface area contributed by atoms with E-state index in [1.54, 1.807) is 30.3 Å². The quantitative estimate of drug-likeness (QED) is 0.469. The molecule has 3 N–H and O–H groups in total. The van der Waals surface area contributed by atoms with Gasteiger partial charge in [-0.1, -0.05) is 67.2 Å². The Bertz CT molecular complexity index is 1370. The second-order valence-corrected chi connectivity index (χ2v) is 10.2. The molecule has 1 aliphatic heterocycles. The van der Waals surface area contributed by atoms with Gasteiger partial charge in [0, 0.05) is 23.5 Å². The lowest BCUT2D eigenvalue weighted by atomic mass is 9.91. The molecule has 34 heavy (non-hydrogen) atoms. The molecule has 0 amide bonds. The van der Waals surface area contributed by atoms with Crippen molar-refractivity contribution in [1.82, 2.24) is 4.72 Å². The van der Waals surface area contributed by atoms with Crippen LogP contribution in [0.1, 0.15) is 23.5 Å². The summed E-state index contributed by atoms with van der Waals surface area (Å²) >= 11 is 0. The van der Waals surface area contributed by atoms with Gasteiger partial charge in [0.05, 0.1) is 22.6 Å². The summed E-state index contributed by atoms with van der Waals surface area (Å²) in [7, 11) is -3.93. The lowest BCUT2D eigenvalue weighted by Crippen LogP contribution is -2.43. The lowest BCUT2D eigenvalue weighted by molar-refractivity contribution is -0.130. The molecule has 174 valence electrons. The van der Waals surface area contributed by atoms with Crippen LogP contribution in [0.5, 0.6) is 5.75 Å². The van der Waals surface area contributed by atoms with Crippen LogP contribution in [0, 0.1) is 0 Å². The average molecular weight is 478 g/mol. The van der Waals surface area contributed by atoms with Gasteiger partial charge in [-0.15, -0.1) is 0 Å². The van der Waals surface area contributed by atoms with E-state index < -0.39 is 40.2 Å². The van der Waals surface area contributed by atoms with Gasteiger partial charge in [-0.3, -0.25) is 0 Å². The highest BCUT2D eigenvalue weighted by Crippen LogP contribution is 2.50. The van der Waals surface area contributed by atoms with Gasteiger partial charge in [-0.05, 0) is 23.3 Å². The van der Waals surface area contributed by atoms with E-state index in [1.807, 2.05) is 30.3 Å². The smallest absolute Gasteiger partial charge is 0.335 e. The summed E-state index contributed by atoms with van der Waals surface area (Å²) in [5.41, 5.74) is 2.78. The number of carbonyl (C=O) groups is 1. The van der Waals surface area contributed by atoms with E-state index in [9.17, 15) is 23.4 Å². The standard InChI is InChI=1S/C26H23NO6S/c1-15(26(29)30)19-8-5-9-20-23-22(33-25(19)20)14-21(28)24(23)27-34(31,32)18-12-10-17(11-13-18)16-6-3-2-4-7-16/h2-13,21-24,27-28H,1,14H2,(H,29,30). The summed E-state index contributed by atoms with van der Waals surface area (Å²) in [6.07, 6.45) is -1.20. The fourth-order valence-corrected chi connectivity index (χ4v) is 6.12. The highest BCUT2D eigenvalue weighted by molar-refractivity contribution is 7.89. The van der Waals surface area contributed by atoms with Crippen LogP contribution < -0.4 is 9.46 Å². The maximum absolute atomic E-state index is 13.2. The number of hydrogen-bond acceptors (Lipinski definition) is 5. The molecule has 3 aromatic carbocycles. The topological polar surface area (TPSA) is 113 Å². The van der Waals surface area contributed by atoms with Crippen LogP contribution in [-0.2, 0) is 14.8 Å². The first kappa shape index (κ1) is 22.3. The van der Waals surface area contributed by atoms with Crippen LogP contribution >= 0.6 is 0 Å². The predicted octanol–water partition coefficient (Wildman–Crippen LogP) is 3.41. The molecule has 4 atom stereocenters. The Balaban J connectivity index is 1.43. The minimum Gasteiger partial charge on any atom is -0.489 e. The van der Waals surface area contributed by atoms with Crippen LogP contribution in [0.15, 0.2) is 84.3 Å². The zero-order chi connectivity index (χ0) is 24.0. The summed E-state index contributed by atoms with van der Waals surface area (Å²) in [5.74, 6) is -1.23. The number of fused-ring (bicyclic) bond motifs is 3. The van der Waals surface area contributed by atoms with E-state index in [-0.39, 0.29) is 16.9 Å². The fourth-order valence-electron chi connectivity index (χ4n) is 4.83. The SMILES string of the molecule is C=C(C(=O)O)c1cccc2c1OC1CC(O)C(NS(=O)(=O)c3ccc(-c4ccccc4)cc3)C21. The number of aliphatic carboxylic acids is 1. The molecule has 1 heterocycles. The first-order valence-electron chi connectivity index (χ1n) is 10.8. The number of nitrogens with one attached hydrogen (secondary N) is 1. The lowest BCUT2D eigenvalue weighted by Gasteiger charge is -2.22. The van der Waals surface area contributed by atoms with Gasteiger partial charge in [0.15, 0.2) is 0 Å². The number of carboxylic acids is 1. The molecule has 4 unspecified atom stereocenters. The molecular formula is C26H23NO6S. The molecular weight excluding hydrogens is 454 g/mol. The van der Waals surface area contributed by atoms with E-state index in [0.717, 1.165) is 11.1 Å². The monoisotopic (exact) mass is 477 g/mol. The number of hydrogen-bond donors (Lipinski definition) is 3. The van der Waals surface area contributed by atoms with Crippen molar-refractivity contribution in [3.8, 4) is 16.9 Å². The van der Waals surface area contributed by atoms with Crippen molar-refractivity contribution >= 4 is 21.6 Å². The molecule has 3 aromatic rings. The number of sulfonamides is 1. The minimum absolute atomic E-state index is 0.0926. The first-order valence-corrected chi connectivity index (χ1v) is 12.3. The van der Waals surface area contributed by atoms with Gasteiger partial charge in [0.2, 0.25) is 10.0 Å². The third-order valence-corrected chi connectivity index (χ3v) is 7.97. The number of benzene rings is 3. The molecule has 5 rings (SSSR count). The molecule has 7 nitrogen and oxygen atoms in total. The van der Waals surface area contributed by atoms with Crippen molar-refractivity contribution in [2.45, 2.75) is 35.5 Å². The van der Waals surface area contributed by atoms with E-state index in [1.165, 1.54) is 12.1 Å². The van der Waals surface area contributed by atoms with E-state index >= 15 is 0 Å². The Morgan fingerprint density at radius 2 is 1.65 bits per heavy atom. The van der Waals surface area contributed by atoms with Gasteiger partial charge in [0.1, 0.15) is 11.9 Å². The minimum atomic E-state index is -3.93. The number of rotatable bonds is 6. The Labute approximate surface area is 197 Å². The zero-order valence-electron chi connectivity index (χ0n) is 18.1. The summed E-state index contributed by atoms with van der Waals surface area (Å²) < 4.78 is 35.1. The van der Waals surface area contributed by atoms with Crippen LogP contribution in [0.4, 0.5) is 0 Å². The molecule has 0 spiro atoms. The number of ether oxygens (including phenoxy) is 1. The molecule has 1 aliphatic carbocycles. The van der Waals surface area contributed by atoms with E-state index in [4.69, 9.17) is 4.74 Å². The average Bonchev–Trinajstić information content (AvgIpc) is 3.34. The van der Waals surface area contributed by atoms with Gasteiger partial charge in [-0.25, -0.2) is 17.9 Å². The number of aliphatic hydroxyl groups excluding tert-OH is 1. The van der Waals surface area contributed by atoms with E-state index in [2.05, 4.69) is 11.3 Å². The van der Waals surface area contributed by atoms with E-state index in [0.29, 0.717) is 16.9 Å². The molecule has 1 fully saturated rings. The summed E-state index contributed by atoms with van der Waals surface area (Å²) in [5, 5.41) is 20.0. The van der Waals surface area contributed by atoms with Gasteiger partial charge in [-0.2, -0.15) is 0 Å². The first-order chi connectivity index (χ1) is 16.3. The summed E-state index contributed by atoms with van der Waals surface area (Å²) in [6.45, 7) is 3.62. The van der Waals surface area contributed by atoms with Crippen LogP contribution in [-0.4, -0.2) is 42.8 Å². The highest BCUT2D eigenvalue weighted by Gasteiger charge is 2.51. The highest BCUT2D eigenvalue weighted by atomic mass is 32.2. The molecule has 0 aromatic heterocycles. The van der Waals surface area contributed by atoms with Crippen molar-refractivity contribution in [3.05, 3.63) is 90.5 Å². The fraction of sp³-hybridized carbons (Fsp3) is 0.192. The molecule has 0 radical (unpaired) electrons. The Morgan fingerprint density at radius 3 is 2.32 bits per heavy atom. The molecule has 8 heteroatoms. The predicted molar refractivity (Wildman–Crippen MR) is 127 cm³/mol. The zero-order valence-corrected chi connectivity index (χ0v) is 18.9. The third-order valence-electron chi connectivity index (χ3n) is 6.50. The molecule has 0 saturated heterocycles. The third kappa shape index (κ3) is 3.79. The van der Waals surface area contributed by atoms with Gasteiger partial charge < -0.3 is 14.9 Å². The maximum Gasteiger partial charge on any atom is 0.335 e. The largest absolute Gasteiger partial charge is 0.489 e. The second kappa shape index (κ2) is 8.39. The number of aliphatic hydroxyl groups is 1. The Hall–Kier alpha value is -3.46. The molecule has 2 aliphatic rings. The van der Waals surface area contributed by atoms with Crippen LogP contribution in [0.25, 0.3) is 16.7 Å². The maximum atomic E-state index is 13.2. The van der Waals surface area contributed by atoms with Crippen molar-refractivity contribution < 1.29 is 28.2 Å². The van der Waals surface area contributed by atoms with Crippen molar-refractivity contribution in [2.24, 2.45) is 0 Å². The number of para-hydroxylation sites is 1. The Kier molecular flexibility index (Phi) is 5.51. The molecule has 0 bridgehead atoms.